The average Bonchev–Trinajstić information content (AvgIpc) is 1.62. The van der Waals surface area contributed by atoms with Crippen LogP contribution in [0.5, 0.6) is 0 Å². The molecule has 0 radical (unpaired) electrons. The van der Waals surface area contributed by atoms with Gasteiger partial charge in [-0.05, 0) is 11.6 Å². The van der Waals surface area contributed by atoms with Crippen molar-refractivity contribution < 1.29 is 8.78 Å². The number of alkyl halides is 3. The molecule has 0 aliphatic carbocycles. The second-order valence-electron chi connectivity index (χ2n) is 1.70. The zero-order valence-electron chi connectivity index (χ0n) is 4.99. The van der Waals surface area contributed by atoms with Gasteiger partial charge in [0.2, 0.25) is 0 Å². The summed E-state index contributed by atoms with van der Waals surface area (Å²) in [5, 5.41) is -3.39. The number of rotatable bonds is 1. The maximum absolute atomic E-state index is 11.9. The summed E-state index contributed by atoms with van der Waals surface area (Å²) in [4.78, 5) is 0.534. The number of hydrogen-bond donors (Lipinski definition) is 0. The summed E-state index contributed by atoms with van der Waals surface area (Å²) in [7, 11) is 2.83. The topological polar surface area (TPSA) is 3.24 Å². The third kappa shape index (κ3) is 2.91. The molecule has 0 rings (SSSR count). The Hall–Kier alpha value is 0.0400. The van der Waals surface area contributed by atoms with E-state index < -0.39 is 10.4 Å². The molecular weight excluding hydrogens is 168 g/mol. The third-order valence-electron chi connectivity index (χ3n) is 0.649. The lowest BCUT2D eigenvalue weighted by Crippen LogP contribution is -2.33. The van der Waals surface area contributed by atoms with Gasteiger partial charge in [-0.1, -0.05) is 12.2 Å². The highest BCUT2D eigenvalue weighted by atomic mass is 35.5. The van der Waals surface area contributed by atoms with Crippen LogP contribution in [0.4, 0.5) is 8.78 Å². The fourth-order valence-corrected chi connectivity index (χ4v) is 0.423. The monoisotopic (exact) mass is 173 g/mol. The molecule has 0 unspecified atom stereocenters. The minimum absolute atomic E-state index is 0.566. The van der Waals surface area contributed by atoms with Crippen molar-refractivity contribution in [2.45, 2.75) is 5.38 Å². The summed E-state index contributed by atoms with van der Waals surface area (Å²) in [5.74, 6) is 0. The van der Waals surface area contributed by atoms with E-state index in [1.165, 1.54) is 14.1 Å². The quantitative estimate of drug-likeness (QED) is 0.439. The van der Waals surface area contributed by atoms with Crippen LogP contribution in [0.2, 0.25) is 0 Å². The molecule has 54 valence electrons. The zero-order chi connectivity index (χ0) is 7.65. The van der Waals surface area contributed by atoms with E-state index in [1.807, 2.05) is 0 Å². The van der Waals surface area contributed by atoms with Crippen molar-refractivity contribution in [1.82, 2.24) is 4.90 Å². The summed E-state index contributed by atoms with van der Waals surface area (Å²) < 4.78 is 23.9. The van der Waals surface area contributed by atoms with Gasteiger partial charge in [-0.25, -0.2) is 0 Å². The number of hydrogen-bond acceptors (Lipinski definition) is 1. The number of nitrogens with zero attached hydrogens (tertiary/aromatic N) is 1. The van der Waals surface area contributed by atoms with Gasteiger partial charge in [-0.15, -0.1) is 0 Å². The minimum atomic E-state index is -3.39. The van der Waals surface area contributed by atoms with E-state index in [4.69, 9.17) is 0 Å². The maximum atomic E-state index is 11.9. The van der Waals surface area contributed by atoms with Crippen LogP contribution < -0.4 is 0 Å². The van der Waals surface area contributed by atoms with E-state index >= 15 is 0 Å². The molecule has 5 heteroatoms. The van der Waals surface area contributed by atoms with Crippen molar-refractivity contribution in [3.8, 4) is 0 Å². The summed E-state index contributed by atoms with van der Waals surface area (Å²) in [6.45, 7) is 0. The maximum Gasteiger partial charge on any atom is 0.372 e. The van der Waals surface area contributed by atoms with Gasteiger partial charge in [0.25, 0.3) is 0 Å². The predicted octanol–water partition coefficient (Wildman–Crippen LogP) is 1.71. The van der Waals surface area contributed by atoms with E-state index in [1.54, 1.807) is 0 Å². The first kappa shape index (κ1) is 9.04. The lowest BCUT2D eigenvalue weighted by Gasteiger charge is -2.16. The molecule has 9 heavy (non-hydrogen) atoms. The van der Waals surface area contributed by atoms with Crippen LogP contribution in [-0.4, -0.2) is 29.4 Å². The molecule has 0 bridgehead atoms. The molecule has 0 heterocycles. The van der Waals surface area contributed by atoms with Crippen LogP contribution >= 0.6 is 23.8 Å². The van der Waals surface area contributed by atoms with Crippen molar-refractivity contribution in [1.29, 1.82) is 0 Å². The first-order valence-electron chi connectivity index (χ1n) is 2.14. The van der Waals surface area contributed by atoms with Crippen molar-refractivity contribution >= 4 is 28.8 Å². The van der Waals surface area contributed by atoms with Gasteiger partial charge in [0, 0.05) is 14.1 Å². The normalized spacial score (nSPS) is 11.2. The summed E-state index contributed by atoms with van der Waals surface area (Å²) >= 11 is 8.82. The van der Waals surface area contributed by atoms with Crippen molar-refractivity contribution in [2.24, 2.45) is 0 Å². The van der Waals surface area contributed by atoms with Gasteiger partial charge in [0.1, 0.15) is 0 Å². The zero-order valence-corrected chi connectivity index (χ0v) is 6.56. The molecule has 0 aromatic heterocycles. The van der Waals surface area contributed by atoms with Crippen molar-refractivity contribution in [2.75, 3.05) is 14.1 Å². The van der Waals surface area contributed by atoms with Gasteiger partial charge in [-0.3, -0.25) is 0 Å². The number of halogens is 3. The van der Waals surface area contributed by atoms with Crippen molar-refractivity contribution in [3.63, 3.8) is 0 Å². The molecule has 0 aromatic rings. The van der Waals surface area contributed by atoms with E-state index in [0.29, 0.717) is 0 Å². The standard InChI is InChI=1S/C4H6ClF2NS/c1-8(2)3(9)4(5,6)7/h1-2H3. The second kappa shape index (κ2) is 2.75. The largest absolute Gasteiger partial charge is 0.372 e. The predicted molar refractivity (Wildman–Crippen MR) is 37.1 cm³/mol. The fraction of sp³-hybridized carbons (Fsp3) is 0.750. The second-order valence-corrected chi connectivity index (χ2v) is 2.56. The Kier molecular flexibility index (Phi) is 2.76. The van der Waals surface area contributed by atoms with Gasteiger partial charge >= 0.3 is 5.38 Å². The van der Waals surface area contributed by atoms with Crippen LogP contribution in [0.25, 0.3) is 0 Å². The molecule has 0 spiro atoms. The van der Waals surface area contributed by atoms with Gasteiger partial charge in [0.15, 0.2) is 4.99 Å². The molecule has 0 saturated heterocycles. The lowest BCUT2D eigenvalue weighted by molar-refractivity contribution is 0.165. The molecule has 0 aromatic carbocycles. The smallest absolute Gasteiger partial charge is 0.366 e. The Morgan fingerprint density at radius 3 is 1.89 bits per heavy atom. The van der Waals surface area contributed by atoms with E-state index in [0.717, 1.165) is 4.90 Å². The van der Waals surface area contributed by atoms with Gasteiger partial charge in [0.05, 0.1) is 0 Å². The Balaban J connectivity index is 4.06. The molecule has 0 amide bonds. The highest BCUT2D eigenvalue weighted by Crippen LogP contribution is 2.21. The van der Waals surface area contributed by atoms with Crippen molar-refractivity contribution in [3.05, 3.63) is 0 Å². The van der Waals surface area contributed by atoms with Gasteiger partial charge < -0.3 is 4.90 Å². The van der Waals surface area contributed by atoms with Crippen LogP contribution in [0.1, 0.15) is 0 Å². The molecule has 0 fully saturated rings. The van der Waals surface area contributed by atoms with E-state index in [2.05, 4.69) is 23.8 Å². The van der Waals surface area contributed by atoms with Crippen LogP contribution in [0, 0.1) is 0 Å². The number of thiocarbonyl (C=S) groups is 1. The highest BCUT2D eigenvalue weighted by Gasteiger charge is 2.32. The Bertz CT molecular complexity index is 120. The summed E-state index contributed by atoms with van der Waals surface area (Å²) in [6, 6.07) is 0. The molecule has 1 nitrogen and oxygen atoms in total. The highest BCUT2D eigenvalue weighted by molar-refractivity contribution is 7.80. The van der Waals surface area contributed by atoms with E-state index in [9.17, 15) is 8.78 Å². The molecule has 0 atom stereocenters. The first-order chi connectivity index (χ1) is 3.85. The van der Waals surface area contributed by atoms with Crippen LogP contribution in [0.3, 0.4) is 0 Å². The summed E-state index contributed by atoms with van der Waals surface area (Å²) in [6.07, 6.45) is 0. The first-order valence-corrected chi connectivity index (χ1v) is 2.93. The average molecular weight is 174 g/mol. The Labute approximate surface area is 62.6 Å². The van der Waals surface area contributed by atoms with Crippen LogP contribution in [-0.2, 0) is 0 Å². The molecule has 0 N–H and O–H groups in total. The SMILES string of the molecule is CN(C)C(=S)C(F)(F)Cl. The minimum Gasteiger partial charge on any atom is -0.366 e. The Morgan fingerprint density at radius 1 is 1.56 bits per heavy atom. The van der Waals surface area contributed by atoms with Gasteiger partial charge in [-0.2, -0.15) is 8.78 Å². The fourth-order valence-electron chi connectivity index (χ4n) is 0.254. The third-order valence-corrected chi connectivity index (χ3v) is 1.56. The molecule has 0 saturated carbocycles. The van der Waals surface area contributed by atoms with E-state index in [-0.39, 0.29) is 0 Å². The lowest BCUT2D eigenvalue weighted by atomic mass is 10.6. The summed E-state index contributed by atoms with van der Waals surface area (Å²) in [5.41, 5.74) is 0. The Morgan fingerprint density at radius 2 is 1.89 bits per heavy atom. The molecular formula is C4H6ClF2NS. The van der Waals surface area contributed by atoms with Crippen LogP contribution in [0.15, 0.2) is 0 Å². The molecule has 0 aliphatic heterocycles. The molecule has 0 aliphatic rings.